The number of anilines is 1. The van der Waals surface area contributed by atoms with Crippen molar-refractivity contribution in [3.05, 3.63) is 76.7 Å². The van der Waals surface area contributed by atoms with Crippen LogP contribution in [0.5, 0.6) is 5.75 Å². The van der Waals surface area contributed by atoms with Gasteiger partial charge in [-0.2, -0.15) is 4.68 Å². The number of nitrogens with zero attached hydrogens (tertiary/aromatic N) is 4. The van der Waals surface area contributed by atoms with Crippen LogP contribution in [0.3, 0.4) is 0 Å². The summed E-state index contributed by atoms with van der Waals surface area (Å²) in [4.78, 5) is 26.0. The van der Waals surface area contributed by atoms with Crippen LogP contribution in [0.1, 0.15) is 22.0 Å². The molecule has 0 spiro atoms. The topological polar surface area (TPSA) is 108 Å². The molecule has 1 atom stereocenters. The van der Waals surface area contributed by atoms with E-state index in [0.29, 0.717) is 5.75 Å². The molecule has 0 saturated carbocycles. The molecule has 10 heteroatoms. The number of ether oxygens (including phenoxy) is 2. The van der Waals surface area contributed by atoms with Gasteiger partial charge in [0.15, 0.2) is 5.78 Å². The van der Waals surface area contributed by atoms with E-state index in [9.17, 15) is 14.0 Å². The minimum Gasteiger partial charge on any atom is -0.497 e. The summed E-state index contributed by atoms with van der Waals surface area (Å²) in [6.07, 6.45) is 0. The number of aromatic nitrogens is 4. The summed E-state index contributed by atoms with van der Waals surface area (Å²) in [5, 5.41) is 14.0. The number of halogens is 1. The molecule has 2 heterocycles. The van der Waals surface area contributed by atoms with E-state index in [1.54, 1.807) is 30.3 Å². The third-order valence-electron chi connectivity index (χ3n) is 4.70. The van der Waals surface area contributed by atoms with E-state index in [1.165, 1.54) is 37.1 Å². The number of allylic oxidation sites excluding steroid dienone is 1. The number of tetrazole rings is 1. The number of ketones is 1. The second kappa shape index (κ2) is 7.74. The molecule has 0 radical (unpaired) electrons. The summed E-state index contributed by atoms with van der Waals surface area (Å²) >= 11 is 0. The van der Waals surface area contributed by atoms with Crippen molar-refractivity contribution in [3.8, 4) is 5.75 Å². The minimum absolute atomic E-state index is 0.0445. The molecule has 30 heavy (non-hydrogen) atoms. The molecule has 152 valence electrons. The van der Waals surface area contributed by atoms with Crippen molar-refractivity contribution >= 4 is 17.7 Å². The molecule has 0 bridgehead atoms. The zero-order valence-corrected chi connectivity index (χ0v) is 16.0. The van der Waals surface area contributed by atoms with E-state index in [-0.39, 0.29) is 28.3 Å². The van der Waals surface area contributed by atoms with E-state index in [2.05, 4.69) is 20.8 Å². The Hall–Kier alpha value is -4.08. The average Bonchev–Trinajstić information content (AvgIpc) is 3.26. The van der Waals surface area contributed by atoms with Crippen LogP contribution in [-0.2, 0) is 9.53 Å². The molecule has 9 nitrogen and oxygen atoms in total. The molecule has 1 N–H and O–H groups in total. The molecule has 1 aliphatic heterocycles. The van der Waals surface area contributed by atoms with Crippen molar-refractivity contribution < 1.29 is 23.5 Å². The van der Waals surface area contributed by atoms with Crippen LogP contribution < -0.4 is 10.1 Å². The Morgan fingerprint density at radius 2 is 1.83 bits per heavy atom. The van der Waals surface area contributed by atoms with Crippen molar-refractivity contribution in [3.63, 3.8) is 0 Å². The standard InChI is InChI=1S/C20H16FN5O4/c1-29-12-9-7-11(8-10-12)18(27)15-16(19(28)30-2)22-20-23-24-25-26(20)17(15)13-5-3-4-6-14(13)21/h3-10,17H,1-2H3,(H,22,23,25). The maximum absolute atomic E-state index is 14.8. The Balaban J connectivity index is 1.94. The monoisotopic (exact) mass is 409 g/mol. The molecule has 2 aromatic carbocycles. The van der Waals surface area contributed by atoms with E-state index in [4.69, 9.17) is 9.47 Å². The Morgan fingerprint density at radius 1 is 1.10 bits per heavy atom. The Bertz CT molecular complexity index is 1160. The molecule has 1 aromatic heterocycles. The molecule has 0 amide bonds. The van der Waals surface area contributed by atoms with Gasteiger partial charge in [0.05, 0.1) is 19.8 Å². The van der Waals surface area contributed by atoms with Crippen LogP contribution in [0, 0.1) is 5.82 Å². The van der Waals surface area contributed by atoms with Gasteiger partial charge in [-0.3, -0.25) is 4.79 Å². The summed E-state index contributed by atoms with van der Waals surface area (Å²) in [6, 6.07) is 11.2. The summed E-state index contributed by atoms with van der Waals surface area (Å²) in [5.74, 6) is -1.25. The summed E-state index contributed by atoms with van der Waals surface area (Å²) < 4.78 is 26.0. The van der Waals surface area contributed by atoms with Gasteiger partial charge >= 0.3 is 5.97 Å². The van der Waals surface area contributed by atoms with Gasteiger partial charge in [-0.25, -0.2) is 9.18 Å². The van der Waals surface area contributed by atoms with Crippen LogP contribution in [-0.4, -0.2) is 46.2 Å². The molecule has 4 rings (SSSR count). The van der Waals surface area contributed by atoms with Crippen molar-refractivity contribution in [2.45, 2.75) is 6.04 Å². The quantitative estimate of drug-likeness (QED) is 0.504. The van der Waals surface area contributed by atoms with Crippen molar-refractivity contribution in [1.29, 1.82) is 0 Å². The minimum atomic E-state index is -1.08. The lowest BCUT2D eigenvalue weighted by Gasteiger charge is -2.28. The van der Waals surface area contributed by atoms with E-state index in [1.807, 2.05) is 0 Å². The van der Waals surface area contributed by atoms with Crippen LogP contribution in [0.4, 0.5) is 10.3 Å². The number of methoxy groups -OCH3 is 2. The van der Waals surface area contributed by atoms with E-state index < -0.39 is 23.6 Å². The highest BCUT2D eigenvalue weighted by molar-refractivity contribution is 6.15. The molecule has 1 aliphatic rings. The number of Topliss-reactive ketones (excluding diaryl/α,β-unsaturated/α-hetero) is 1. The SMILES string of the molecule is COC(=O)C1=C(C(=O)c2ccc(OC)cc2)C(c2ccccc2F)n2nnnc2N1. The van der Waals surface area contributed by atoms with E-state index >= 15 is 0 Å². The highest BCUT2D eigenvalue weighted by Gasteiger charge is 2.39. The van der Waals surface area contributed by atoms with Crippen molar-refractivity contribution in [2.24, 2.45) is 0 Å². The van der Waals surface area contributed by atoms with Crippen LogP contribution >= 0.6 is 0 Å². The number of esters is 1. The summed E-state index contributed by atoms with van der Waals surface area (Å²) in [6.45, 7) is 0. The number of carbonyl (C=O) groups excluding carboxylic acids is 2. The summed E-state index contributed by atoms with van der Waals surface area (Å²) in [7, 11) is 2.69. The lowest BCUT2D eigenvalue weighted by molar-refractivity contribution is -0.136. The third-order valence-corrected chi connectivity index (χ3v) is 4.70. The van der Waals surface area contributed by atoms with Gasteiger partial charge < -0.3 is 14.8 Å². The van der Waals surface area contributed by atoms with Gasteiger partial charge in [0.1, 0.15) is 23.3 Å². The zero-order chi connectivity index (χ0) is 21.3. The second-order valence-corrected chi connectivity index (χ2v) is 6.33. The van der Waals surface area contributed by atoms with Gasteiger partial charge in [-0.05, 0) is 40.8 Å². The van der Waals surface area contributed by atoms with Crippen LogP contribution in [0.15, 0.2) is 59.8 Å². The zero-order valence-electron chi connectivity index (χ0n) is 16.0. The van der Waals surface area contributed by atoms with Gasteiger partial charge in [0.2, 0.25) is 5.95 Å². The normalized spacial score (nSPS) is 15.2. The Kier molecular flexibility index (Phi) is 4.97. The molecule has 0 saturated heterocycles. The first-order chi connectivity index (χ1) is 14.5. The van der Waals surface area contributed by atoms with Crippen LogP contribution in [0.2, 0.25) is 0 Å². The maximum Gasteiger partial charge on any atom is 0.355 e. The third kappa shape index (κ3) is 3.17. The number of benzene rings is 2. The smallest absolute Gasteiger partial charge is 0.355 e. The van der Waals surface area contributed by atoms with E-state index in [0.717, 1.165) is 0 Å². The fourth-order valence-electron chi connectivity index (χ4n) is 3.27. The molecule has 0 aliphatic carbocycles. The molecule has 3 aromatic rings. The molecule has 0 fully saturated rings. The number of hydrogen-bond acceptors (Lipinski definition) is 8. The fourth-order valence-corrected chi connectivity index (χ4v) is 3.27. The van der Waals surface area contributed by atoms with Gasteiger partial charge in [0, 0.05) is 11.1 Å². The Labute approximate surface area is 170 Å². The second-order valence-electron chi connectivity index (χ2n) is 6.33. The van der Waals surface area contributed by atoms with Crippen LogP contribution in [0.25, 0.3) is 0 Å². The van der Waals surface area contributed by atoms with Crippen molar-refractivity contribution in [1.82, 2.24) is 20.2 Å². The molecular formula is C20H16FN5O4. The molecular weight excluding hydrogens is 393 g/mol. The van der Waals surface area contributed by atoms with Gasteiger partial charge in [-0.15, -0.1) is 0 Å². The largest absolute Gasteiger partial charge is 0.497 e. The average molecular weight is 409 g/mol. The predicted molar refractivity (Wildman–Crippen MR) is 102 cm³/mol. The fraction of sp³-hybridized carbons (Fsp3) is 0.150. The first-order valence-electron chi connectivity index (χ1n) is 8.85. The van der Waals surface area contributed by atoms with Gasteiger partial charge in [0.25, 0.3) is 0 Å². The van der Waals surface area contributed by atoms with Gasteiger partial charge in [-0.1, -0.05) is 23.3 Å². The number of rotatable bonds is 5. The highest BCUT2D eigenvalue weighted by Crippen LogP contribution is 2.37. The summed E-state index contributed by atoms with van der Waals surface area (Å²) in [5.41, 5.74) is 0.198. The molecule has 1 unspecified atom stereocenters. The predicted octanol–water partition coefficient (Wildman–Crippen LogP) is 2.15. The number of hydrogen-bond donors (Lipinski definition) is 1. The Morgan fingerprint density at radius 3 is 2.50 bits per heavy atom. The first kappa shape index (κ1) is 19.2. The van der Waals surface area contributed by atoms with Crippen molar-refractivity contribution in [2.75, 3.05) is 19.5 Å². The lowest BCUT2D eigenvalue weighted by Crippen LogP contribution is -2.33. The number of fused-ring (bicyclic) bond motifs is 1. The maximum atomic E-state index is 14.8. The number of nitrogens with one attached hydrogen (secondary N) is 1. The highest BCUT2D eigenvalue weighted by atomic mass is 19.1. The lowest BCUT2D eigenvalue weighted by atomic mass is 9.89. The number of carbonyl (C=O) groups is 2. The first-order valence-corrected chi connectivity index (χ1v) is 8.85.